The number of nitrogens with two attached hydrogens (primary N) is 2. The molecule has 0 aliphatic carbocycles. The van der Waals surface area contributed by atoms with Gasteiger partial charge in [0.1, 0.15) is 42.0 Å². The molecule has 1 fully saturated rings. The van der Waals surface area contributed by atoms with Crippen LogP contribution in [-0.4, -0.2) is 111 Å². The molecular weight excluding hydrogens is 704 g/mol. The van der Waals surface area contributed by atoms with E-state index in [1.165, 1.54) is 30.9 Å². The van der Waals surface area contributed by atoms with Gasteiger partial charge in [0, 0.05) is 26.3 Å². The number of carbonyl (C=O) groups excluding carboxylic acids is 8. The third kappa shape index (κ3) is 13.9. The summed E-state index contributed by atoms with van der Waals surface area (Å²) >= 11 is 0. The summed E-state index contributed by atoms with van der Waals surface area (Å²) in [5.41, 5.74) is 11.4. The Hall–Kier alpha value is -5.26. The molecule has 1 aromatic carbocycles. The van der Waals surface area contributed by atoms with Gasteiger partial charge < -0.3 is 53.2 Å². The maximum Gasteiger partial charge on any atom is 0.245 e. The van der Waals surface area contributed by atoms with E-state index in [1.54, 1.807) is 26.0 Å². The van der Waals surface area contributed by atoms with Gasteiger partial charge in [0.25, 0.3) is 0 Å². The quantitative estimate of drug-likeness (QED) is 0.0719. The lowest BCUT2D eigenvalue weighted by atomic mass is 10.00. The third-order valence-electron chi connectivity index (χ3n) is 8.88. The van der Waals surface area contributed by atoms with Gasteiger partial charge in [0.2, 0.25) is 47.3 Å². The van der Waals surface area contributed by atoms with Crippen LogP contribution >= 0.6 is 0 Å². The summed E-state index contributed by atoms with van der Waals surface area (Å²) in [5.74, 6) is -6.32. The fraction of sp³-hybridized carbons (Fsp3) is 0.611. The molecule has 300 valence electrons. The zero-order valence-corrected chi connectivity index (χ0v) is 31.7. The number of amides is 8. The molecule has 7 atom stereocenters. The van der Waals surface area contributed by atoms with Gasteiger partial charge in [-0.2, -0.15) is 0 Å². The molecule has 0 radical (unpaired) electrons. The number of carbonyl (C=O) groups is 8. The smallest absolute Gasteiger partial charge is 0.245 e. The molecule has 54 heavy (non-hydrogen) atoms. The van der Waals surface area contributed by atoms with Crippen molar-refractivity contribution in [2.75, 3.05) is 6.54 Å². The van der Waals surface area contributed by atoms with Crippen LogP contribution in [0.5, 0.6) is 5.75 Å². The second kappa shape index (κ2) is 20.8. The van der Waals surface area contributed by atoms with Crippen LogP contribution in [0.15, 0.2) is 24.3 Å². The molecule has 0 unspecified atom stereocenters. The molecule has 0 aromatic heterocycles. The molecule has 1 aliphatic heterocycles. The molecule has 2 rings (SSSR count). The molecule has 18 nitrogen and oxygen atoms in total. The summed E-state index contributed by atoms with van der Waals surface area (Å²) in [6, 6.07) is -1.24. The minimum atomic E-state index is -1.58. The summed E-state index contributed by atoms with van der Waals surface area (Å²) in [6.07, 6.45) is -1.18. The number of phenolic OH excluding ortho intramolecular Hbond substituents is 1. The highest BCUT2D eigenvalue weighted by Crippen LogP contribution is 2.21. The van der Waals surface area contributed by atoms with Gasteiger partial charge in [0.15, 0.2) is 0 Å². The highest BCUT2D eigenvalue weighted by molar-refractivity contribution is 5.97. The van der Waals surface area contributed by atoms with Crippen LogP contribution in [0.25, 0.3) is 0 Å². The van der Waals surface area contributed by atoms with Crippen molar-refractivity contribution < 1.29 is 48.6 Å². The molecular formula is C36H56N8O10. The fourth-order valence-electron chi connectivity index (χ4n) is 6.08. The van der Waals surface area contributed by atoms with Crippen LogP contribution in [0.4, 0.5) is 0 Å². The average molecular weight is 761 g/mol. The van der Waals surface area contributed by atoms with E-state index in [9.17, 15) is 48.6 Å². The minimum Gasteiger partial charge on any atom is -0.508 e. The molecule has 11 N–H and O–H groups in total. The lowest BCUT2D eigenvalue weighted by Gasteiger charge is -2.31. The first kappa shape index (κ1) is 44.9. The van der Waals surface area contributed by atoms with Crippen molar-refractivity contribution in [3.8, 4) is 5.75 Å². The first-order chi connectivity index (χ1) is 25.2. The largest absolute Gasteiger partial charge is 0.508 e. The molecule has 1 heterocycles. The lowest BCUT2D eigenvalue weighted by Crippen LogP contribution is -2.61. The average Bonchev–Trinajstić information content (AvgIpc) is 3.57. The van der Waals surface area contributed by atoms with Crippen LogP contribution in [0, 0.1) is 11.8 Å². The Morgan fingerprint density at radius 1 is 0.796 bits per heavy atom. The highest BCUT2D eigenvalue weighted by Gasteiger charge is 2.40. The van der Waals surface area contributed by atoms with Crippen molar-refractivity contribution in [1.29, 1.82) is 0 Å². The van der Waals surface area contributed by atoms with E-state index in [2.05, 4.69) is 26.6 Å². The van der Waals surface area contributed by atoms with E-state index in [1.807, 2.05) is 13.8 Å². The Balaban J connectivity index is 2.29. The Kier molecular flexibility index (Phi) is 17.3. The van der Waals surface area contributed by atoms with Crippen LogP contribution in [-0.2, 0) is 44.8 Å². The van der Waals surface area contributed by atoms with E-state index >= 15 is 0 Å². The molecule has 8 amide bonds. The number of nitrogens with zero attached hydrogens (tertiary/aromatic N) is 1. The van der Waals surface area contributed by atoms with Crippen LogP contribution in [0.1, 0.15) is 79.2 Å². The number of phenols is 1. The molecule has 0 saturated carbocycles. The van der Waals surface area contributed by atoms with Gasteiger partial charge in [-0.3, -0.25) is 38.4 Å². The summed E-state index contributed by atoms with van der Waals surface area (Å²) in [6.45, 7) is 9.62. The third-order valence-corrected chi connectivity index (χ3v) is 8.88. The summed E-state index contributed by atoms with van der Waals surface area (Å²) in [5, 5.41) is 32.7. The van der Waals surface area contributed by atoms with E-state index in [0.717, 1.165) is 0 Å². The van der Waals surface area contributed by atoms with Crippen molar-refractivity contribution in [1.82, 2.24) is 31.5 Å². The van der Waals surface area contributed by atoms with Gasteiger partial charge >= 0.3 is 0 Å². The standard InChI is InChI=1S/C36H56N8O10/c1-18(2)16-26(41-33(51)25(39-21(6)46)17-22-9-11-23(47)12-10-22)36(54)44-15-7-8-27(44)34(52)40-24(13-14-28(37)48)32(50)43-30(20(5)45)35(53)42-29(19(3)4)31(38)49/h9-12,18-20,24-27,29-30,45,47H,7-8,13-17H2,1-6H3,(H2,37,48)(H2,38,49)(H,39,46)(H,40,52)(H,41,51)(H,42,53)(H,43,50)/t20-,24+,25+,26+,27-,29+,30+/m1/s1. The maximum absolute atomic E-state index is 14.1. The van der Waals surface area contributed by atoms with Crippen molar-refractivity contribution >= 4 is 47.3 Å². The van der Waals surface area contributed by atoms with E-state index < -0.39 is 95.5 Å². The minimum absolute atomic E-state index is 0.0270. The number of hydrogen-bond donors (Lipinski definition) is 9. The second-order valence-corrected chi connectivity index (χ2v) is 14.4. The number of nitrogens with one attached hydrogen (secondary N) is 5. The molecule has 0 spiro atoms. The van der Waals surface area contributed by atoms with Gasteiger partial charge in [-0.25, -0.2) is 0 Å². The Morgan fingerprint density at radius 2 is 1.39 bits per heavy atom. The SMILES string of the molecule is CC(=O)N[C@@H](Cc1ccc(O)cc1)C(=O)N[C@@H](CC(C)C)C(=O)N1CCC[C@@H]1C(=O)N[C@@H](CCC(N)=O)C(=O)N[C@H](C(=O)N[C@H](C(N)=O)C(C)C)[C@@H](C)O. The number of aliphatic hydroxyl groups is 1. The number of hydrogen-bond acceptors (Lipinski definition) is 10. The number of benzene rings is 1. The van der Waals surface area contributed by atoms with E-state index in [0.29, 0.717) is 12.0 Å². The zero-order valence-electron chi connectivity index (χ0n) is 31.7. The monoisotopic (exact) mass is 760 g/mol. The molecule has 0 bridgehead atoms. The van der Waals surface area contributed by atoms with Crippen molar-refractivity contribution in [2.45, 2.75) is 122 Å². The number of likely N-dealkylation sites (tertiary alicyclic amines) is 1. The van der Waals surface area contributed by atoms with E-state index in [-0.39, 0.29) is 50.3 Å². The van der Waals surface area contributed by atoms with Crippen LogP contribution in [0.3, 0.4) is 0 Å². The van der Waals surface area contributed by atoms with Crippen molar-refractivity contribution in [3.63, 3.8) is 0 Å². The van der Waals surface area contributed by atoms with Crippen molar-refractivity contribution in [3.05, 3.63) is 29.8 Å². The predicted molar refractivity (Wildman–Crippen MR) is 195 cm³/mol. The lowest BCUT2D eigenvalue weighted by molar-refractivity contribution is -0.143. The maximum atomic E-state index is 14.1. The van der Waals surface area contributed by atoms with Crippen LogP contribution < -0.4 is 38.1 Å². The van der Waals surface area contributed by atoms with Gasteiger partial charge in [-0.05, 0) is 62.1 Å². The highest BCUT2D eigenvalue weighted by atomic mass is 16.3. The second-order valence-electron chi connectivity index (χ2n) is 14.4. The topological polar surface area (TPSA) is 292 Å². The zero-order chi connectivity index (χ0) is 40.9. The number of primary amides is 2. The van der Waals surface area contributed by atoms with E-state index in [4.69, 9.17) is 11.5 Å². The number of aliphatic hydroxyl groups excluding tert-OH is 1. The first-order valence-corrected chi connectivity index (χ1v) is 18.0. The number of aromatic hydroxyl groups is 1. The molecule has 1 aliphatic rings. The van der Waals surface area contributed by atoms with Crippen LogP contribution in [0.2, 0.25) is 0 Å². The Morgan fingerprint density at radius 3 is 1.91 bits per heavy atom. The summed E-state index contributed by atoms with van der Waals surface area (Å²) in [7, 11) is 0. The van der Waals surface area contributed by atoms with Gasteiger partial charge in [-0.15, -0.1) is 0 Å². The molecule has 1 aromatic rings. The fourth-order valence-corrected chi connectivity index (χ4v) is 6.08. The molecule has 1 saturated heterocycles. The Labute approximate surface area is 314 Å². The first-order valence-electron chi connectivity index (χ1n) is 18.0. The molecule has 18 heteroatoms. The number of rotatable bonds is 20. The predicted octanol–water partition coefficient (Wildman–Crippen LogP) is -1.80. The van der Waals surface area contributed by atoms with Crippen molar-refractivity contribution in [2.24, 2.45) is 23.3 Å². The summed E-state index contributed by atoms with van der Waals surface area (Å²) in [4.78, 5) is 105. The van der Waals surface area contributed by atoms with Gasteiger partial charge in [0.05, 0.1) is 6.10 Å². The van der Waals surface area contributed by atoms with Gasteiger partial charge in [-0.1, -0.05) is 39.8 Å². The Bertz CT molecular complexity index is 1520. The normalized spacial score (nSPS) is 17.4. The summed E-state index contributed by atoms with van der Waals surface area (Å²) < 4.78 is 0.